The van der Waals surface area contributed by atoms with E-state index in [2.05, 4.69) is 17.4 Å². The Hall–Kier alpha value is -3.35. The predicted molar refractivity (Wildman–Crippen MR) is 112 cm³/mol. The molecule has 158 valence electrons. The summed E-state index contributed by atoms with van der Waals surface area (Å²) >= 11 is 0. The lowest BCUT2D eigenvalue weighted by Crippen LogP contribution is -2.52. The van der Waals surface area contributed by atoms with Gasteiger partial charge < -0.3 is 20.1 Å². The van der Waals surface area contributed by atoms with Crippen LogP contribution in [-0.2, 0) is 14.3 Å². The monoisotopic (exact) mass is 410 g/mol. The molecule has 0 saturated carbocycles. The van der Waals surface area contributed by atoms with Gasteiger partial charge >= 0.3 is 12.1 Å². The first-order chi connectivity index (χ1) is 14.3. The van der Waals surface area contributed by atoms with E-state index in [4.69, 9.17) is 9.84 Å². The zero-order valence-electron chi connectivity index (χ0n) is 17.3. The summed E-state index contributed by atoms with van der Waals surface area (Å²) in [7, 11) is 0. The molecule has 0 spiro atoms. The van der Waals surface area contributed by atoms with Crippen molar-refractivity contribution in [2.45, 2.75) is 38.8 Å². The van der Waals surface area contributed by atoms with Crippen LogP contribution in [0, 0.1) is 0 Å². The average molecular weight is 410 g/mol. The standard InChI is InChI=1S/C23H26N2O5/c1-4-25(15(3)22(27)28)21(26)14(2)24-23(29)30-13-20-18-11-7-5-9-16(18)17-10-6-8-12-19(17)20/h5-12,14-15,20H,4,13H2,1-3H3,(H,24,29)(H,27,28). The number of carboxylic acids is 1. The second-order valence-electron chi connectivity index (χ2n) is 7.33. The number of ether oxygens (including phenoxy) is 1. The van der Waals surface area contributed by atoms with Crippen molar-refractivity contribution in [3.8, 4) is 11.1 Å². The fourth-order valence-corrected chi connectivity index (χ4v) is 3.88. The van der Waals surface area contributed by atoms with E-state index in [0.29, 0.717) is 0 Å². The lowest BCUT2D eigenvalue weighted by molar-refractivity contribution is -0.149. The third-order valence-corrected chi connectivity index (χ3v) is 5.50. The number of nitrogens with zero attached hydrogens (tertiary/aromatic N) is 1. The molecule has 0 fully saturated rings. The summed E-state index contributed by atoms with van der Waals surface area (Å²) in [6.07, 6.45) is -0.711. The van der Waals surface area contributed by atoms with Gasteiger partial charge in [-0.05, 0) is 43.0 Å². The van der Waals surface area contributed by atoms with Crippen LogP contribution in [-0.4, -0.2) is 53.2 Å². The molecule has 1 aliphatic rings. The lowest BCUT2D eigenvalue weighted by atomic mass is 9.98. The Morgan fingerprint density at radius 1 is 1.03 bits per heavy atom. The highest BCUT2D eigenvalue weighted by Gasteiger charge is 2.31. The van der Waals surface area contributed by atoms with Crippen LogP contribution in [0.2, 0.25) is 0 Å². The minimum absolute atomic E-state index is 0.0756. The molecule has 7 nitrogen and oxygen atoms in total. The molecule has 0 radical (unpaired) electrons. The number of hydrogen-bond acceptors (Lipinski definition) is 4. The van der Waals surface area contributed by atoms with Crippen molar-refractivity contribution < 1.29 is 24.2 Å². The normalized spacial score (nSPS) is 14.2. The number of nitrogens with one attached hydrogen (secondary N) is 1. The van der Waals surface area contributed by atoms with E-state index in [-0.39, 0.29) is 19.1 Å². The van der Waals surface area contributed by atoms with Gasteiger partial charge in [-0.15, -0.1) is 0 Å². The maximum absolute atomic E-state index is 12.5. The van der Waals surface area contributed by atoms with Crippen LogP contribution in [0.3, 0.4) is 0 Å². The molecule has 0 aliphatic heterocycles. The lowest BCUT2D eigenvalue weighted by Gasteiger charge is -2.28. The summed E-state index contributed by atoms with van der Waals surface area (Å²) in [5.41, 5.74) is 4.46. The molecule has 30 heavy (non-hydrogen) atoms. The second-order valence-corrected chi connectivity index (χ2v) is 7.33. The molecular weight excluding hydrogens is 384 g/mol. The number of hydrogen-bond donors (Lipinski definition) is 2. The van der Waals surface area contributed by atoms with Crippen LogP contribution in [0.4, 0.5) is 4.79 Å². The molecule has 0 aromatic heterocycles. The maximum atomic E-state index is 12.5. The van der Waals surface area contributed by atoms with Crippen LogP contribution in [0.25, 0.3) is 11.1 Å². The van der Waals surface area contributed by atoms with E-state index in [1.165, 1.54) is 18.7 Å². The quantitative estimate of drug-likeness (QED) is 0.731. The van der Waals surface area contributed by atoms with Crippen molar-refractivity contribution in [1.82, 2.24) is 10.2 Å². The number of benzene rings is 2. The topological polar surface area (TPSA) is 95.9 Å². The van der Waals surface area contributed by atoms with Crippen molar-refractivity contribution in [3.63, 3.8) is 0 Å². The van der Waals surface area contributed by atoms with Crippen molar-refractivity contribution in [3.05, 3.63) is 59.7 Å². The van der Waals surface area contributed by atoms with E-state index in [0.717, 1.165) is 22.3 Å². The summed E-state index contributed by atoms with van der Waals surface area (Å²) < 4.78 is 5.44. The summed E-state index contributed by atoms with van der Waals surface area (Å²) in [6, 6.07) is 14.2. The Kier molecular flexibility index (Phi) is 6.40. The Morgan fingerprint density at radius 2 is 1.57 bits per heavy atom. The van der Waals surface area contributed by atoms with Crippen molar-refractivity contribution in [2.75, 3.05) is 13.2 Å². The smallest absolute Gasteiger partial charge is 0.407 e. The first-order valence-electron chi connectivity index (χ1n) is 9.99. The first-order valence-corrected chi connectivity index (χ1v) is 9.99. The van der Waals surface area contributed by atoms with E-state index in [1.54, 1.807) is 6.92 Å². The third kappa shape index (κ3) is 4.15. The Balaban J connectivity index is 1.64. The number of alkyl carbamates (subject to hydrolysis) is 1. The van der Waals surface area contributed by atoms with E-state index < -0.39 is 30.1 Å². The highest BCUT2D eigenvalue weighted by Crippen LogP contribution is 2.44. The van der Waals surface area contributed by atoms with Gasteiger partial charge in [0.05, 0.1) is 0 Å². The van der Waals surface area contributed by atoms with Crippen LogP contribution < -0.4 is 5.32 Å². The van der Waals surface area contributed by atoms with Gasteiger partial charge in [0.15, 0.2) is 0 Å². The Labute approximate surface area is 175 Å². The number of carboxylic acid groups (broad SMARTS) is 1. The molecular formula is C23H26N2O5. The number of fused-ring (bicyclic) bond motifs is 3. The fraction of sp³-hybridized carbons (Fsp3) is 0.348. The molecule has 2 aromatic carbocycles. The Morgan fingerprint density at radius 3 is 2.07 bits per heavy atom. The molecule has 3 rings (SSSR count). The molecule has 0 saturated heterocycles. The SMILES string of the molecule is CCN(C(=O)C(C)NC(=O)OCC1c2ccccc2-c2ccccc21)C(C)C(=O)O. The number of rotatable bonds is 7. The minimum Gasteiger partial charge on any atom is -0.480 e. The highest BCUT2D eigenvalue weighted by molar-refractivity contribution is 5.89. The average Bonchev–Trinajstić information content (AvgIpc) is 3.06. The summed E-state index contributed by atoms with van der Waals surface area (Å²) in [4.78, 5) is 37.3. The minimum atomic E-state index is -1.10. The zero-order chi connectivity index (χ0) is 21.8. The number of carbonyl (C=O) groups is 3. The van der Waals surface area contributed by atoms with Gasteiger partial charge in [-0.3, -0.25) is 4.79 Å². The van der Waals surface area contributed by atoms with Gasteiger partial charge in [-0.25, -0.2) is 9.59 Å². The number of aliphatic carboxylic acids is 1. The molecule has 2 unspecified atom stereocenters. The summed E-state index contributed by atoms with van der Waals surface area (Å²) in [5.74, 6) is -1.65. The van der Waals surface area contributed by atoms with Gasteiger partial charge in [0.2, 0.25) is 5.91 Å². The second kappa shape index (κ2) is 8.98. The molecule has 0 heterocycles. The van der Waals surface area contributed by atoms with Gasteiger partial charge in [0, 0.05) is 12.5 Å². The van der Waals surface area contributed by atoms with Gasteiger partial charge in [0.25, 0.3) is 0 Å². The largest absolute Gasteiger partial charge is 0.480 e. The highest BCUT2D eigenvalue weighted by atomic mass is 16.5. The van der Waals surface area contributed by atoms with E-state index in [1.807, 2.05) is 36.4 Å². The zero-order valence-corrected chi connectivity index (χ0v) is 17.3. The number of carbonyl (C=O) groups excluding carboxylic acids is 2. The van der Waals surface area contributed by atoms with Crippen LogP contribution in [0.15, 0.2) is 48.5 Å². The van der Waals surface area contributed by atoms with Crippen molar-refractivity contribution in [1.29, 1.82) is 0 Å². The molecule has 2 N–H and O–H groups in total. The molecule has 2 atom stereocenters. The van der Waals surface area contributed by atoms with Crippen LogP contribution in [0.5, 0.6) is 0 Å². The number of likely N-dealkylation sites (N-methyl/N-ethyl adjacent to an activating group) is 1. The summed E-state index contributed by atoms with van der Waals surface area (Å²) in [5, 5.41) is 11.7. The molecule has 2 aromatic rings. The van der Waals surface area contributed by atoms with Gasteiger partial charge in [-0.2, -0.15) is 0 Å². The van der Waals surface area contributed by atoms with Crippen molar-refractivity contribution in [2.24, 2.45) is 0 Å². The fourth-order valence-electron chi connectivity index (χ4n) is 3.88. The molecule has 2 amide bonds. The third-order valence-electron chi connectivity index (χ3n) is 5.50. The molecule has 1 aliphatic carbocycles. The maximum Gasteiger partial charge on any atom is 0.407 e. The molecule has 7 heteroatoms. The summed E-state index contributed by atoms with van der Waals surface area (Å²) in [6.45, 7) is 5.01. The molecule has 0 bridgehead atoms. The van der Waals surface area contributed by atoms with E-state index >= 15 is 0 Å². The number of amides is 2. The van der Waals surface area contributed by atoms with Crippen LogP contribution in [0.1, 0.15) is 37.8 Å². The Bertz CT molecular complexity index is 913. The van der Waals surface area contributed by atoms with Crippen molar-refractivity contribution >= 4 is 18.0 Å². The van der Waals surface area contributed by atoms with Gasteiger partial charge in [-0.1, -0.05) is 48.5 Å². The van der Waals surface area contributed by atoms with Gasteiger partial charge in [0.1, 0.15) is 18.7 Å². The predicted octanol–water partition coefficient (Wildman–Crippen LogP) is 3.24. The first kappa shape index (κ1) is 21.4. The van der Waals surface area contributed by atoms with E-state index in [9.17, 15) is 14.4 Å². The van der Waals surface area contributed by atoms with Crippen LogP contribution >= 0.6 is 0 Å².